The van der Waals surface area contributed by atoms with Crippen molar-refractivity contribution in [2.45, 2.75) is 12.0 Å². The largest absolute Gasteiger partial charge is 0.333 e. The predicted molar refractivity (Wildman–Crippen MR) is 236 cm³/mol. The number of anilines is 2. The van der Waals surface area contributed by atoms with Gasteiger partial charge < -0.3 is 9.47 Å². The van der Waals surface area contributed by atoms with Crippen LogP contribution in [0.1, 0.15) is 11.5 Å². The van der Waals surface area contributed by atoms with Gasteiger partial charge in [-0.05, 0) is 69.8 Å². The molecule has 56 heavy (non-hydrogen) atoms. The van der Waals surface area contributed by atoms with Crippen LogP contribution in [0.3, 0.4) is 0 Å². The molecule has 2 nitrogen and oxygen atoms in total. The third-order valence-electron chi connectivity index (χ3n) is 11.7. The number of fused-ring (bicyclic) bond motifs is 6. The molecule has 0 N–H and O–H groups in total. The minimum atomic E-state index is 0.249. The molecule has 8 aromatic carbocycles. The molecule has 264 valence electrons. The maximum absolute atomic E-state index is 2.52. The molecule has 11 rings (SSSR count). The molecule has 1 aliphatic heterocycles. The summed E-state index contributed by atoms with van der Waals surface area (Å²) in [5, 5.41) is 2.48. The van der Waals surface area contributed by atoms with Crippen LogP contribution >= 0.6 is 0 Å². The zero-order valence-corrected chi connectivity index (χ0v) is 30.8. The van der Waals surface area contributed by atoms with E-state index in [4.69, 9.17) is 0 Å². The number of hydrogen-bond acceptors (Lipinski definition) is 1. The van der Waals surface area contributed by atoms with Crippen LogP contribution in [-0.4, -0.2) is 10.6 Å². The Labute approximate surface area is 327 Å². The summed E-state index contributed by atoms with van der Waals surface area (Å²) in [4.78, 5) is 2.51. The molecule has 0 saturated carbocycles. The van der Waals surface area contributed by atoms with E-state index in [-0.39, 0.29) is 6.04 Å². The molecule has 9 aromatic rings. The van der Waals surface area contributed by atoms with Crippen molar-refractivity contribution in [3.8, 4) is 50.2 Å². The maximum Gasteiger partial charge on any atom is 0.0632 e. The summed E-state index contributed by atoms with van der Waals surface area (Å²) in [6.45, 7) is 0. The molecule has 0 bridgehead atoms. The van der Waals surface area contributed by atoms with Gasteiger partial charge in [0.05, 0.1) is 17.1 Å². The van der Waals surface area contributed by atoms with Crippen LogP contribution in [0.5, 0.6) is 0 Å². The van der Waals surface area contributed by atoms with E-state index < -0.39 is 0 Å². The van der Waals surface area contributed by atoms with Crippen LogP contribution in [0.2, 0.25) is 0 Å². The molecule has 2 aliphatic rings. The highest BCUT2D eigenvalue weighted by Crippen LogP contribution is 2.54. The minimum absolute atomic E-state index is 0.249. The average molecular weight is 715 g/mol. The van der Waals surface area contributed by atoms with Gasteiger partial charge in [-0.25, -0.2) is 0 Å². The minimum Gasteiger partial charge on any atom is -0.333 e. The van der Waals surface area contributed by atoms with Gasteiger partial charge in [-0.2, -0.15) is 0 Å². The highest BCUT2D eigenvalue weighted by molar-refractivity contribution is 6.26. The summed E-state index contributed by atoms with van der Waals surface area (Å²) in [7, 11) is 0. The van der Waals surface area contributed by atoms with Crippen LogP contribution in [0, 0.1) is 0 Å². The molecule has 0 fully saturated rings. The summed E-state index contributed by atoms with van der Waals surface area (Å²) >= 11 is 0. The molecule has 1 aromatic heterocycles. The number of allylic oxidation sites excluding steroid dienone is 2. The van der Waals surface area contributed by atoms with Gasteiger partial charge in [0.1, 0.15) is 0 Å². The van der Waals surface area contributed by atoms with Crippen molar-refractivity contribution >= 4 is 33.2 Å². The van der Waals surface area contributed by atoms with E-state index in [0.717, 1.165) is 5.69 Å². The zero-order valence-electron chi connectivity index (χ0n) is 30.8. The Morgan fingerprint density at radius 2 is 0.857 bits per heavy atom. The van der Waals surface area contributed by atoms with Crippen molar-refractivity contribution in [1.82, 2.24) is 4.57 Å². The van der Waals surface area contributed by atoms with Gasteiger partial charge in [-0.1, -0.05) is 182 Å². The van der Waals surface area contributed by atoms with Gasteiger partial charge >= 0.3 is 0 Å². The SMILES string of the molecule is C1=CC2c3ccccc3N(c3ccc(-n4c5ccccc5c5c(-c6ccccc6)c(-c6ccccc6)c(-c6ccccc6)c(-c6ccccc6)c54)cc3)C2C=C1. The van der Waals surface area contributed by atoms with Crippen molar-refractivity contribution in [2.24, 2.45) is 0 Å². The molecule has 0 amide bonds. The second-order valence-corrected chi connectivity index (χ2v) is 14.8. The molecule has 1 aliphatic carbocycles. The Kier molecular flexibility index (Phi) is 7.67. The molecule has 0 radical (unpaired) electrons. The number of nitrogens with zero attached hydrogens (tertiary/aromatic N) is 2. The Morgan fingerprint density at radius 3 is 1.50 bits per heavy atom. The molecule has 2 heterocycles. The van der Waals surface area contributed by atoms with E-state index in [9.17, 15) is 0 Å². The Bertz CT molecular complexity index is 2940. The first-order valence-electron chi connectivity index (χ1n) is 19.5. The van der Waals surface area contributed by atoms with Crippen LogP contribution in [0.15, 0.2) is 218 Å². The van der Waals surface area contributed by atoms with Crippen molar-refractivity contribution in [3.05, 3.63) is 224 Å². The number of benzene rings is 8. The fourth-order valence-electron chi connectivity index (χ4n) is 9.41. The standard InChI is InChI=1S/C54H38N2/c1-5-19-37(20-6-1)49-50(38-21-7-2-8-22-38)52(40-25-11-4-12-26-40)54-53(51(49)39-23-9-3-10-24-39)45-29-15-18-32-48(45)56(54)42-35-33-41(34-36-42)55-46-30-16-13-27-43(46)44-28-14-17-31-47(44)55/h1-36,43,46H. The molecular weight excluding hydrogens is 677 g/mol. The highest BCUT2D eigenvalue weighted by Gasteiger charge is 2.37. The van der Waals surface area contributed by atoms with Crippen molar-refractivity contribution in [1.29, 1.82) is 0 Å². The molecule has 2 unspecified atom stereocenters. The topological polar surface area (TPSA) is 8.17 Å². The van der Waals surface area contributed by atoms with E-state index in [1.165, 1.54) is 83.3 Å². The first-order chi connectivity index (χ1) is 27.8. The summed E-state index contributed by atoms with van der Waals surface area (Å²) < 4.78 is 2.52. The van der Waals surface area contributed by atoms with E-state index >= 15 is 0 Å². The number of para-hydroxylation sites is 2. The second kappa shape index (κ2) is 13.3. The van der Waals surface area contributed by atoms with Crippen LogP contribution in [0.25, 0.3) is 72.0 Å². The van der Waals surface area contributed by atoms with Crippen molar-refractivity contribution < 1.29 is 0 Å². The summed E-state index contributed by atoms with van der Waals surface area (Å²) in [6.07, 6.45) is 9.07. The zero-order chi connectivity index (χ0) is 37.0. The van der Waals surface area contributed by atoms with Crippen LogP contribution < -0.4 is 4.90 Å². The molecular formula is C54H38N2. The smallest absolute Gasteiger partial charge is 0.0632 e. The Morgan fingerprint density at radius 1 is 0.375 bits per heavy atom. The van der Waals surface area contributed by atoms with Crippen molar-refractivity contribution in [2.75, 3.05) is 4.90 Å². The van der Waals surface area contributed by atoms with E-state index in [1.807, 2.05) is 0 Å². The summed E-state index contributed by atoms with van der Waals surface area (Å²) in [6, 6.07) is 71.3. The van der Waals surface area contributed by atoms with Crippen LogP contribution in [-0.2, 0) is 0 Å². The van der Waals surface area contributed by atoms with Gasteiger partial charge in [0.15, 0.2) is 0 Å². The molecule has 2 atom stereocenters. The Balaban J connectivity index is 1.27. The van der Waals surface area contributed by atoms with E-state index in [1.54, 1.807) is 0 Å². The lowest BCUT2D eigenvalue weighted by atomic mass is 9.80. The lowest BCUT2D eigenvalue weighted by molar-refractivity contribution is 0.744. The van der Waals surface area contributed by atoms with E-state index in [0.29, 0.717) is 5.92 Å². The average Bonchev–Trinajstić information content (AvgIpc) is 3.80. The van der Waals surface area contributed by atoms with Gasteiger partial charge in [-0.3, -0.25) is 0 Å². The van der Waals surface area contributed by atoms with Crippen molar-refractivity contribution in [3.63, 3.8) is 0 Å². The summed E-state index contributed by atoms with van der Waals surface area (Å²) in [5.74, 6) is 0.341. The molecule has 0 spiro atoms. The van der Waals surface area contributed by atoms with Crippen LogP contribution in [0.4, 0.5) is 11.4 Å². The first kappa shape index (κ1) is 32.3. The number of rotatable bonds is 6. The number of aromatic nitrogens is 1. The fourth-order valence-corrected chi connectivity index (χ4v) is 9.41. The predicted octanol–water partition coefficient (Wildman–Crippen LogP) is 14.2. The lowest BCUT2D eigenvalue weighted by Gasteiger charge is -2.29. The third kappa shape index (κ3) is 5.03. The van der Waals surface area contributed by atoms with E-state index in [2.05, 4.69) is 228 Å². The molecule has 2 heteroatoms. The Hall–Kier alpha value is -7.16. The fraction of sp³-hybridized carbons (Fsp3) is 0.0370. The summed E-state index contributed by atoms with van der Waals surface area (Å²) in [5.41, 5.74) is 17.1. The first-order valence-corrected chi connectivity index (χ1v) is 19.5. The maximum atomic E-state index is 2.52. The van der Waals surface area contributed by atoms with Gasteiger partial charge in [-0.15, -0.1) is 0 Å². The second-order valence-electron chi connectivity index (χ2n) is 14.8. The molecule has 0 saturated heterocycles. The quantitative estimate of drug-likeness (QED) is 0.166. The third-order valence-corrected chi connectivity index (χ3v) is 11.7. The normalized spacial score (nSPS) is 15.7. The monoisotopic (exact) mass is 714 g/mol. The van der Waals surface area contributed by atoms with Gasteiger partial charge in [0.2, 0.25) is 0 Å². The number of hydrogen-bond donors (Lipinski definition) is 0. The highest BCUT2D eigenvalue weighted by atomic mass is 15.2. The lowest BCUT2D eigenvalue weighted by Crippen LogP contribution is -2.28. The van der Waals surface area contributed by atoms with Gasteiger partial charge in [0.25, 0.3) is 0 Å². The van der Waals surface area contributed by atoms with Gasteiger partial charge in [0, 0.05) is 50.4 Å².